The van der Waals surface area contributed by atoms with Crippen LogP contribution in [-0.2, 0) is 9.53 Å². The molecule has 2 heteroatoms. The zero-order valence-corrected chi connectivity index (χ0v) is 8.50. The van der Waals surface area contributed by atoms with Crippen molar-refractivity contribution in [3.05, 3.63) is 0 Å². The standard InChI is InChI=1S/C11H20O2/c1-2-3-4-5-11-7-6-10(8-12)9-13-11/h8,10-11H,2-7,9H2,1H3/t10-,11+/m1/s1. The minimum absolute atomic E-state index is 0.169. The third-order valence-electron chi connectivity index (χ3n) is 2.73. The van der Waals surface area contributed by atoms with Gasteiger partial charge in [0, 0.05) is 5.92 Å². The molecule has 0 spiro atoms. The summed E-state index contributed by atoms with van der Waals surface area (Å²) in [6, 6.07) is 0. The minimum Gasteiger partial charge on any atom is -0.377 e. The number of ether oxygens (including phenoxy) is 1. The number of carbonyl (C=O) groups is 1. The molecule has 0 unspecified atom stereocenters. The van der Waals surface area contributed by atoms with Crippen LogP contribution in [0.3, 0.4) is 0 Å². The Hall–Kier alpha value is -0.370. The van der Waals surface area contributed by atoms with Gasteiger partial charge in [0.1, 0.15) is 6.29 Å². The van der Waals surface area contributed by atoms with Gasteiger partial charge in [0.25, 0.3) is 0 Å². The monoisotopic (exact) mass is 184 g/mol. The van der Waals surface area contributed by atoms with Crippen molar-refractivity contribution in [1.29, 1.82) is 0 Å². The molecule has 2 atom stereocenters. The SMILES string of the molecule is CCCCC[C@H]1CC[C@H](C=O)CO1. The highest BCUT2D eigenvalue weighted by Gasteiger charge is 2.20. The highest BCUT2D eigenvalue weighted by molar-refractivity contribution is 5.53. The van der Waals surface area contributed by atoms with Crippen molar-refractivity contribution in [3.63, 3.8) is 0 Å². The van der Waals surface area contributed by atoms with Crippen molar-refractivity contribution in [2.24, 2.45) is 5.92 Å². The number of hydrogen-bond acceptors (Lipinski definition) is 2. The summed E-state index contributed by atoms with van der Waals surface area (Å²) in [4.78, 5) is 10.4. The van der Waals surface area contributed by atoms with E-state index in [1.807, 2.05) is 0 Å². The molecule has 0 radical (unpaired) electrons. The molecule has 0 bridgehead atoms. The van der Waals surface area contributed by atoms with Crippen molar-refractivity contribution in [3.8, 4) is 0 Å². The summed E-state index contributed by atoms with van der Waals surface area (Å²) in [5, 5.41) is 0. The van der Waals surface area contributed by atoms with Crippen LogP contribution in [-0.4, -0.2) is 19.0 Å². The summed E-state index contributed by atoms with van der Waals surface area (Å²) in [5.74, 6) is 0.169. The maximum absolute atomic E-state index is 10.4. The van der Waals surface area contributed by atoms with E-state index in [4.69, 9.17) is 4.74 Å². The summed E-state index contributed by atoms with van der Waals surface area (Å²) >= 11 is 0. The minimum atomic E-state index is 0.169. The Bertz CT molecular complexity index is 137. The second-order valence-electron chi connectivity index (χ2n) is 3.92. The van der Waals surface area contributed by atoms with Gasteiger partial charge in [-0.2, -0.15) is 0 Å². The number of hydrogen-bond donors (Lipinski definition) is 0. The van der Waals surface area contributed by atoms with Crippen LogP contribution in [0.1, 0.15) is 45.4 Å². The van der Waals surface area contributed by atoms with Crippen molar-refractivity contribution >= 4 is 6.29 Å². The topological polar surface area (TPSA) is 26.3 Å². The molecule has 0 saturated carbocycles. The lowest BCUT2D eigenvalue weighted by atomic mass is 9.97. The van der Waals surface area contributed by atoms with Crippen LogP contribution in [0, 0.1) is 5.92 Å². The molecule has 0 aromatic carbocycles. The van der Waals surface area contributed by atoms with Gasteiger partial charge in [-0.1, -0.05) is 26.2 Å². The van der Waals surface area contributed by atoms with Gasteiger partial charge in [-0.15, -0.1) is 0 Å². The highest BCUT2D eigenvalue weighted by Crippen LogP contribution is 2.21. The van der Waals surface area contributed by atoms with Crippen LogP contribution in [0.15, 0.2) is 0 Å². The van der Waals surface area contributed by atoms with Gasteiger partial charge >= 0.3 is 0 Å². The third kappa shape index (κ3) is 3.90. The van der Waals surface area contributed by atoms with E-state index >= 15 is 0 Å². The van der Waals surface area contributed by atoms with E-state index in [2.05, 4.69) is 6.92 Å². The Kier molecular flexibility index (Phi) is 5.06. The van der Waals surface area contributed by atoms with Crippen LogP contribution < -0.4 is 0 Å². The maximum atomic E-state index is 10.4. The fourth-order valence-electron chi connectivity index (χ4n) is 1.78. The summed E-state index contributed by atoms with van der Waals surface area (Å²) in [5.41, 5.74) is 0. The number of aldehydes is 1. The van der Waals surface area contributed by atoms with Crippen LogP contribution in [0.4, 0.5) is 0 Å². The van der Waals surface area contributed by atoms with Gasteiger partial charge in [0.2, 0.25) is 0 Å². The zero-order valence-electron chi connectivity index (χ0n) is 8.50. The van der Waals surface area contributed by atoms with E-state index in [1.165, 1.54) is 25.7 Å². The molecule has 1 aliphatic heterocycles. The van der Waals surface area contributed by atoms with Crippen molar-refractivity contribution in [2.75, 3.05) is 6.61 Å². The first-order valence-corrected chi connectivity index (χ1v) is 5.43. The van der Waals surface area contributed by atoms with Crippen LogP contribution >= 0.6 is 0 Å². The van der Waals surface area contributed by atoms with E-state index in [9.17, 15) is 4.79 Å². The molecule has 1 heterocycles. The molecule has 0 N–H and O–H groups in total. The van der Waals surface area contributed by atoms with Gasteiger partial charge in [0.05, 0.1) is 12.7 Å². The van der Waals surface area contributed by atoms with Gasteiger partial charge in [-0.25, -0.2) is 0 Å². The van der Waals surface area contributed by atoms with Crippen molar-refractivity contribution < 1.29 is 9.53 Å². The summed E-state index contributed by atoms with van der Waals surface area (Å²) < 4.78 is 5.60. The fraction of sp³-hybridized carbons (Fsp3) is 0.909. The Labute approximate surface area is 80.7 Å². The Morgan fingerprint density at radius 1 is 1.38 bits per heavy atom. The lowest BCUT2D eigenvalue weighted by Crippen LogP contribution is -2.26. The molecule has 1 saturated heterocycles. The van der Waals surface area contributed by atoms with Gasteiger partial charge < -0.3 is 9.53 Å². The normalized spacial score (nSPS) is 28.7. The van der Waals surface area contributed by atoms with Crippen molar-refractivity contribution in [2.45, 2.75) is 51.6 Å². The van der Waals surface area contributed by atoms with Gasteiger partial charge in [0.15, 0.2) is 0 Å². The maximum Gasteiger partial charge on any atom is 0.125 e. The van der Waals surface area contributed by atoms with E-state index in [0.29, 0.717) is 12.7 Å². The fourth-order valence-corrected chi connectivity index (χ4v) is 1.78. The lowest BCUT2D eigenvalue weighted by molar-refractivity contribution is -0.117. The number of carbonyl (C=O) groups excluding carboxylic acids is 1. The molecule has 0 aromatic heterocycles. The second-order valence-corrected chi connectivity index (χ2v) is 3.92. The smallest absolute Gasteiger partial charge is 0.125 e. The molecule has 0 amide bonds. The molecule has 2 nitrogen and oxygen atoms in total. The summed E-state index contributed by atoms with van der Waals surface area (Å²) in [6.45, 7) is 2.87. The van der Waals surface area contributed by atoms with E-state index in [-0.39, 0.29) is 5.92 Å². The Balaban J connectivity index is 2.07. The molecule has 0 aromatic rings. The van der Waals surface area contributed by atoms with Gasteiger partial charge in [-0.05, 0) is 19.3 Å². The first-order chi connectivity index (χ1) is 6.36. The quantitative estimate of drug-likeness (QED) is 0.485. The molecule has 0 aliphatic carbocycles. The molecule has 76 valence electrons. The van der Waals surface area contributed by atoms with Crippen molar-refractivity contribution in [1.82, 2.24) is 0 Å². The number of unbranched alkanes of at least 4 members (excludes halogenated alkanes) is 2. The molecule has 1 rings (SSSR count). The summed E-state index contributed by atoms with van der Waals surface area (Å²) in [6.07, 6.45) is 8.59. The Morgan fingerprint density at radius 3 is 2.77 bits per heavy atom. The molecule has 13 heavy (non-hydrogen) atoms. The largest absolute Gasteiger partial charge is 0.377 e. The number of rotatable bonds is 5. The van der Waals surface area contributed by atoms with Crippen LogP contribution in [0.25, 0.3) is 0 Å². The lowest BCUT2D eigenvalue weighted by Gasteiger charge is -2.26. The molecule has 1 aliphatic rings. The molecular formula is C11H20O2. The average Bonchev–Trinajstić information content (AvgIpc) is 2.19. The summed E-state index contributed by atoms with van der Waals surface area (Å²) in [7, 11) is 0. The zero-order chi connectivity index (χ0) is 9.52. The first-order valence-electron chi connectivity index (χ1n) is 5.43. The predicted molar refractivity (Wildman–Crippen MR) is 52.7 cm³/mol. The van der Waals surface area contributed by atoms with E-state index in [1.54, 1.807) is 0 Å². The van der Waals surface area contributed by atoms with Gasteiger partial charge in [-0.3, -0.25) is 0 Å². The van der Waals surface area contributed by atoms with E-state index < -0.39 is 0 Å². The first kappa shape index (κ1) is 10.7. The molecular weight excluding hydrogens is 164 g/mol. The third-order valence-corrected chi connectivity index (χ3v) is 2.73. The van der Waals surface area contributed by atoms with E-state index in [0.717, 1.165) is 19.1 Å². The van der Waals surface area contributed by atoms with Crippen LogP contribution in [0.2, 0.25) is 0 Å². The second kappa shape index (κ2) is 6.14. The van der Waals surface area contributed by atoms with Crippen LogP contribution in [0.5, 0.6) is 0 Å². The highest BCUT2D eigenvalue weighted by atomic mass is 16.5. The Morgan fingerprint density at radius 2 is 2.23 bits per heavy atom. The predicted octanol–water partition coefficient (Wildman–Crippen LogP) is 2.56. The molecule has 1 fully saturated rings. The average molecular weight is 184 g/mol.